The average molecular weight is 474 g/mol. The topological polar surface area (TPSA) is 110 Å². The molecule has 3 rings (SSSR count). The van der Waals surface area contributed by atoms with Crippen LogP contribution in [0.5, 0.6) is 5.75 Å². The van der Waals surface area contributed by atoms with Crippen molar-refractivity contribution in [3.05, 3.63) is 54.1 Å². The monoisotopic (exact) mass is 474 g/mol. The molecule has 0 saturated carbocycles. The molecule has 1 atom stereocenters. The van der Waals surface area contributed by atoms with Gasteiger partial charge in [-0.1, -0.05) is 42.5 Å². The van der Waals surface area contributed by atoms with E-state index in [9.17, 15) is 46.5 Å². The summed E-state index contributed by atoms with van der Waals surface area (Å²) >= 11 is 0. The molecule has 0 unspecified atom stereocenters. The van der Waals surface area contributed by atoms with Crippen LogP contribution in [0.25, 0.3) is 11.1 Å². The first-order valence-corrected chi connectivity index (χ1v) is 9.25. The third-order valence-corrected chi connectivity index (χ3v) is 4.87. The van der Waals surface area contributed by atoms with Crippen molar-refractivity contribution >= 4 is 17.7 Å². The summed E-state index contributed by atoms with van der Waals surface area (Å²) in [4.78, 5) is 36.8. The van der Waals surface area contributed by atoms with Crippen molar-refractivity contribution in [3.63, 3.8) is 0 Å². The van der Waals surface area contributed by atoms with Gasteiger partial charge in [0.15, 0.2) is 6.61 Å². The Morgan fingerprint density at radius 2 is 1.52 bits per heavy atom. The summed E-state index contributed by atoms with van der Waals surface area (Å²) in [5, 5.41) is 19.6. The lowest BCUT2D eigenvalue weighted by atomic mass is 9.87. The van der Waals surface area contributed by atoms with Crippen LogP contribution in [-0.4, -0.2) is 52.4 Å². The third-order valence-electron chi connectivity index (χ3n) is 4.87. The van der Waals surface area contributed by atoms with Crippen LogP contribution in [0.2, 0.25) is 0 Å². The molecule has 2 N–H and O–H groups in total. The first-order chi connectivity index (χ1) is 15.3. The highest BCUT2D eigenvalue weighted by molar-refractivity contribution is 6.07. The van der Waals surface area contributed by atoms with Gasteiger partial charge >= 0.3 is 29.8 Å². The van der Waals surface area contributed by atoms with Crippen LogP contribution in [0.3, 0.4) is 0 Å². The van der Waals surface area contributed by atoms with Crippen molar-refractivity contribution in [2.45, 2.75) is 30.2 Å². The Kier molecular flexibility index (Phi) is 6.27. The van der Waals surface area contributed by atoms with Crippen LogP contribution in [0, 0.1) is 0 Å². The number of Topliss-reactive ketones (excluding diaryl/α,β-unsaturated/α-hetero) is 1. The first kappa shape index (κ1) is 24.3. The van der Waals surface area contributed by atoms with Crippen LogP contribution >= 0.6 is 0 Å². The van der Waals surface area contributed by atoms with Crippen LogP contribution in [0.1, 0.15) is 17.9 Å². The minimum absolute atomic E-state index is 0.151. The lowest BCUT2D eigenvalue weighted by Gasteiger charge is -2.23. The van der Waals surface area contributed by atoms with Crippen molar-refractivity contribution in [2.75, 3.05) is 6.61 Å². The van der Waals surface area contributed by atoms with Crippen LogP contribution in [-0.2, 0) is 19.1 Å². The fraction of sp³-hybridized carbons (Fsp3) is 0.286. The molecule has 0 radical (unpaired) electrons. The summed E-state index contributed by atoms with van der Waals surface area (Å²) in [5.74, 6) is -16.1. The predicted molar refractivity (Wildman–Crippen MR) is 99.0 cm³/mol. The maximum Gasteiger partial charge on any atom is 0.456 e. The highest BCUT2D eigenvalue weighted by atomic mass is 19.4. The molecule has 0 spiro atoms. The standard InChI is InChI=1S/C21H15F5O7/c22-19(23,21(24,25)26)10-32-18(29)20(30,31)16(27)9-14-12-6-2-1-5-11(12)13-7-3-4-8-15(13)33-17(14)28/h1-8,14,30-31H,9-10H2/t14-/m0/s1. The van der Waals surface area contributed by atoms with E-state index >= 15 is 0 Å². The third kappa shape index (κ3) is 4.71. The number of carbonyl (C=O) groups is 3. The van der Waals surface area contributed by atoms with E-state index in [0.29, 0.717) is 11.1 Å². The van der Waals surface area contributed by atoms with E-state index in [1.807, 2.05) is 0 Å². The van der Waals surface area contributed by atoms with E-state index in [0.717, 1.165) is 0 Å². The van der Waals surface area contributed by atoms with Gasteiger partial charge in [-0.2, -0.15) is 22.0 Å². The molecule has 176 valence electrons. The van der Waals surface area contributed by atoms with Crippen molar-refractivity contribution in [1.82, 2.24) is 0 Å². The van der Waals surface area contributed by atoms with Crippen molar-refractivity contribution in [3.8, 4) is 16.9 Å². The maximum atomic E-state index is 12.9. The van der Waals surface area contributed by atoms with E-state index in [-0.39, 0.29) is 11.3 Å². The molecule has 0 aromatic heterocycles. The van der Waals surface area contributed by atoms with E-state index in [1.54, 1.807) is 30.3 Å². The summed E-state index contributed by atoms with van der Waals surface area (Å²) in [5.41, 5.74) is 1.18. The molecule has 2 aromatic rings. The van der Waals surface area contributed by atoms with Crippen molar-refractivity contribution in [2.24, 2.45) is 0 Å². The van der Waals surface area contributed by atoms with Crippen molar-refractivity contribution in [1.29, 1.82) is 0 Å². The largest absolute Gasteiger partial charge is 0.456 e. The maximum absolute atomic E-state index is 12.9. The van der Waals surface area contributed by atoms with Gasteiger partial charge in [0.2, 0.25) is 5.78 Å². The molecule has 0 bridgehead atoms. The quantitative estimate of drug-likeness (QED) is 0.218. The summed E-state index contributed by atoms with van der Waals surface area (Å²) in [6, 6.07) is 12.6. The second-order valence-corrected chi connectivity index (χ2v) is 7.13. The first-order valence-electron chi connectivity index (χ1n) is 9.25. The zero-order valence-electron chi connectivity index (χ0n) is 16.4. The minimum atomic E-state index is -6.08. The molecule has 0 amide bonds. The summed E-state index contributed by atoms with van der Waals surface area (Å²) < 4.78 is 71.4. The number of para-hydroxylation sites is 1. The minimum Gasteiger partial charge on any atom is -0.455 e. The van der Waals surface area contributed by atoms with Gasteiger partial charge in [-0.15, -0.1) is 0 Å². The number of rotatable bonds is 6. The average Bonchev–Trinajstić information content (AvgIpc) is 2.86. The van der Waals surface area contributed by atoms with Crippen LogP contribution in [0.15, 0.2) is 48.5 Å². The Balaban J connectivity index is 1.83. The Hall–Kier alpha value is -3.38. The van der Waals surface area contributed by atoms with Crippen LogP contribution < -0.4 is 4.74 Å². The number of hydrogen-bond acceptors (Lipinski definition) is 7. The normalized spacial score (nSPS) is 16.2. The number of esters is 2. The number of hydrogen-bond donors (Lipinski definition) is 2. The van der Waals surface area contributed by atoms with E-state index in [2.05, 4.69) is 4.74 Å². The molecule has 0 saturated heterocycles. The van der Waals surface area contributed by atoms with Gasteiger partial charge in [-0.25, -0.2) is 4.79 Å². The Bertz CT molecular complexity index is 1090. The van der Waals surface area contributed by atoms with Gasteiger partial charge in [0.1, 0.15) is 5.75 Å². The van der Waals surface area contributed by atoms with Gasteiger partial charge in [0, 0.05) is 12.0 Å². The molecule has 0 aliphatic carbocycles. The van der Waals surface area contributed by atoms with Gasteiger partial charge in [0.05, 0.1) is 5.92 Å². The summed E-state index contributed by atoms with van der Waals surface area (Å²) in [6.07, 6.45) is -7.13. The van der Waals surface area contributed by atoms with Gasteiger partial charge in [-0.3, -0.25) is 9.59 Å². The molecular weight excluding hydrogens is 459 g/mol. The van der Waals surface area contributed by atoms with E-state index in [1.165, 1.54) is 18.2 Å². The number of alkyl halides is 5. The van der Waals surface area contributed by atoms with Crippen LogP contribution in [0.4, 0.5) is 22.0 Å². The smallest absolute Gasteiger partial charge is 0.455 e. The molecular formula is C21H15F5O7. The SMILES string of the molecule is O=C1Oc2ccccc2-c2ccccc2[C@@H]1CC(=O)C(O)(O)C(=O)OCC(F)(F)C(F)(F)F. The number of ketones is 1. The van der Waals surface area contributed by atoms with E-state index in [4.69, 9.17) is 4.74 Å². The van der Waals surface area contributed by atoms with Gasteiger partial charge in [0.25, 0.3) is 0 Å². The number of aliphatic hydroxyl groups is 2. The molecule has 7 nitrogen and oxygen atoms in total. The number of carbonyl (C=O) groups excluding carboxylic acids is 3. The fourth-order valence-corrected chi connectivity index (χ4v) is 3.10. The Labute approximate surface area is 182 Å². The highest BCUT2D eigenvalue weighted by Crippen LogP contribution is 2.41. The zero-order chi connectivity index (χ0) is 24.6. The number of fused-ring (bicyclic) bond motifs is 3. The summed E-state index contributed by atoms with van der Waals surface area (Å²) in [7, 11) is 0. The highest BCUT2D eigenvalue weighted by Gasteiger charge is 2.59. The second-order valence-electron chi connectivity index (χ2n) is 7.13. The van der Waals surface area contributed by atoms with Crippen molar-refractivity contribution < 1.29 is 56.0 Å². The molecule has 0 fully saturated rings. The second kappa shape index (κ2) is 8.52. The lowest BCUT2D eigenvalue weighted by molar-refractivity contribution is -0.297. The Morgan fingerprint density at radius 3 is 2.15 bits per heavy atom. The van der Waals surface area contributed by atoms with Gasteiger partial charge < -0.3 is 19.7 Å². The summed E-state index contributed by atoms with van der Waals surface area (Å²) in [6.45, 7) is -2.57. The van der Waals surface area contributed by atoms with E-state index < -0.39 is 54.6 Å². The number of benzene rings is 2. The molecule has 2 aromatic carbocycles. The molecule has 12 heteroatoms. The Morgan fingerprint density at radius 1 is 0.939 bits per heavy atom. The lowest BCUT2D eigenvalue weighted by Crippen LogP contribution is -2.50. The number of halogens is 5. The molecule has 1 aliphatic heterocycles. The molecule has 33 heavy (non-hydrogen) atoms. The number of ether oxygens (including phenoxy) is 2. The van der Waals surface area contributed by atoms with Gasteiger partial charge in [-0.05, 0) is 17.2 Å². The molecule has 1 aliphatic rings. The fourth-order valence-electron chi connectivity index (χ4n) is 3.10. The zero-order valence-corrected chi connectivity index (χ0v) is 16.4. The predicted octanol–water partition coefficient (Wildman–Crippen LogP) is 2.74. The molecule has 1 heterocycles.